The van der Waals surface area contributed by atoms with E-state index in [1.54, 1.807) is 0 Å². The van der Waals surface area contributed by atoms with Gasteiger partial charge in [0.25, 0.3) is 13.0 Å². The van der Waals surface area contributed by atoms with Gasteiger partial charge < -0.3 is 23.7 Å². The molecule has 0 aromatic carbocycles. The molecule has 0 spiro atoms. The van der Waals surface area contributed by atoms with Crippen molar-refractivity contribution in [3.63, 3.8) is 0 Å². The zero-order valence-corrected chi connectivity index (χ0v) is 60.1. The highest BCUT2D eigenvalue weighted by Crippen LogP contribution is 2.21. The fraction of sp³-hybridized carbons (Fsp3) is 0.950. The predicted molar refractivity (Wildman–Crippen MR) is 381 cm³/mol. The van der Waals surface area contributed by atoms with Gasteiger partial charge in [-0.25, -0.2) is 0 Å². The molecule has 0 radical (unpaired) electrons. The third kappa shape index (κ3) is 70.9. The number of unbranched alkanes of at least 4 members (excludes halogenated alkanes) is 56. The van der Waals surface area contributed by atoms with Gasteiger partial charge in [-0.2, -0.15) is 0 Å². The number of allylic oxidation sites excluding steroid dienone is 2. The van der Waals surface area contributed by atoms with Crippen LogP contribution in [-0.2, 0) is 33.2 Å². The molecule has 0 aliphatic rings. The second-order valence-corrected chi connectivity index (χ2v) is 26.7. The van der Waals surface area contributed by atoms with E-state index in [4.69, 9.17) is 33.2 Å². The molecule has 0 aliphatic heterocycles. The molecule has 520 valence electrons. The molecule has 2 atom stereocenters. The Balaban J connectivity index is 6.37. The molecule has 0 aromatic rings. The molecule has 0 saturated heterocycles. The van der Waals surface area contributed by atoms with E-state index in [2.05, 4.69) is 65.8 Å². The Kier molecular flexibility index (Phi) is 76.9. The van der Waals surface area contributed by atoms with Crippen LogP contribution in [0.25, 0.3) is 0 Å². The maximum absolute atomic E-state index is 6.99. The molecule has 0 bridgehead atoms. The lowest BCUT2D eigenvalue weighted by Gasteiger charge is -2.28. The van der Waals surface area contributed by atoms with Crippen molar-refractivity contribution >= 4 is 0 Å². The summed E-state index contributed by atoms with van der Waals surface area (Å²) in [6.07, 6.45) is 87.5. The number of hydrogen-bond donors (Lipinski definition) is 0. The molecule has 0 rings (SSSR count). The molecular formula is C80H158O7. The van der Waals surface area contributed by atoms with Crippen molar-refractivity contribution in [1.29, 1.82) is 0 Å². The summed E-state index contributed by atoms with van der Waals surface area (Å²) in [5.41, 5.74) is 0. The third-order valence-electron chi connectivity index (χ3n) is 17.8. The van der Waals surface area contributed by atoms with E-state index in [1.807, 2.05) is 0 Å². The van der Waals surface area contributed by atoms with Crippen LogP contribution in [0.4, 0.5) is 0 Å². The van der Waals surface area contributed by atoms with E-state index in [9.17, 15) is 0 Å². The number of ether oxygens (including phenoxy) is 7. The molecule has 0 amide bonds. The fourth-order valence-corrected chi connectivity index (χ4v) is 11.8. The van der Waals surface area contributed by atoms with E-state index < -0.39 is 25.5 Å². The first-order chi connectivity index (χ1) is 43.1. The van der Waals surface area contributed by atoms with E-state index in [0.29, 0.717) is 26.4 Å². The summed E-state index contributed by atoms with van der Waals surface area (Å²) in [6, 6.07) is 0. The van der Waals surface area contributed by atoms with Gasteiger partial charge >= 0.3 is 0 Å². The maximum atomic E-state index is 6.99. The zero-order valence-electron chi connectivity index (χ0n) is 60.1. The average molecular weight is 1230 g/mol. The van der Waals surface area contributed by atoms with E-state index >= 15 is 0 Å². The van der Waals surface area contributed by atoms with Crippen molar-refractivity contribution in [2.75, 3.05) is 26.4 Å². The average Bonchev–Trinajstić information content (AvgIpc) is 3.63. The molecule has 7 heteroatoms. The summed E-state index contributed by atoms with van der Waals surface area (Å²) in [4.78, 5) is 0. The minimum Gasteiger partial charge on any atom is -0.330 e. The van der Waals surface area contributed by atoms with Crippen molar-refractivity contribution in [3.8, 4) is 0 Å². The molecule has 2 unspecified atom stereocenters. The van der Waals surface area contributed by atoms with Gasteiger partial charge in [0.2, 0.25) is 0 Å². The lowest BCUT2D eigenvalue weighted by molar-refractivity contribution is -0.374. The summed E-state index contributed by atoms with van der Waals surface area (Å²) in [6.45, 7) is 14.5. The van der Waals surface area contributed by atoms with E-state index in [-0.39, 0.29) is 0 Å². The topological polar surface area (TPSA) is 64.6 Å². The van der Waals surface area contributed by atoms with Crippen LogP contribution in [0.2, 0.25) is 0 Å². The minimum atomic E-state index is -0.831. The molecular weight excluding hydrogens is 1070 g/mol. The van der Waals surface area contributed by atoms with Gasteiger partial charge in [-0.15, -0.1) is 0 Å². The van der Waals surface area contributed by atoms with Gasteiger partial charge in [0.05, 0.1) is 26.4 Å². The van der Waals surface area contributed by atoms with Crippen LogP contribution >= 0.6 is 0 Å². The van der Waals surface area contributed by atoms with Crippen LogP contribution in [0.5, 0.6) is 0 Å². The fourth-order valence-electron chi connectivity index (χ4n) is 11.8. The van der Waals surface area contributed by atoms with Gasteiger partial charge in [0.15, 0.2) is 12.6 Å². The monoisotopic (exact) mass is 1230 g/mol. The Hall–Kier alpha value is -0.800. The normalized spacial score (nSPS) is 12.9. The Labute approximate surface area is 546 Å². The Morgan fingerprint density at radius 3 is 0.529 bits per heavy atom. The maximum Gasteiger partial charge on any atom is 0.274 e. The Bertz CT molecular complexity index is 1140. The van der Waals surface area contributed by atoms with Crippen molar-refractivity contribution < 1.29 is 33.2 Å². The van der Waals surface area contributed by atoms with Gasteiger partial charge in [-0.05, 0) is 63.5 Å². The smallest absolute Gasteiger partial charge is 0.274 e. The van der Waals surface area contributed by atoms with Crippen LogP contribution in [-0.4, -0.2) is 52.0 Å². The molecule has 0 aromatic heterocycles. The van der Waals surface area contributed by atoms with Crippen molar-refractivity contribution in [2.45, 2.75) is 465 Å². The second-order valence-electron chi connectivity index (χ2n) is 26.7. The van der Waals surface area contributed by atoms with Gasteiger partial charge in [-0.3, -0.25) is 9.47 Å². The predicted octanol–water partition coefficient (Wildman–Crippen LogP) is 27.7. The lowest BCUT2D eigenvalue weighted by Crippen LogP contribution is -2.35. The van der Waals surface area contributed by atoms with Crippen molar-refractivity contribution in [2.24, 2.45) is 0 Å². The van der Waals surface area contributed by atoms with Gasteiger partial charge in [0.1, 0.15) is 0 Å². The first kappa shape index (κ1) is 86.2. The second kappa shape index (κ2) is 77.6. The highest BCUT2D eigenvalue weighted by atomic mass is 16.9. The van der Waals surface area contributed by atoms with Gasteiger partial charge in [0, 0.05) is 0 Å². The molecule has 0 saturated carbocycles. The number of rotatable bonds is 78. The molecule has 0 fully saturated rings. The Morgan fingerprint density at radius 2 is 0.345 bits per heavy atom. The summed E-state index contributed by atoms with van der Waals surface area (Å²) in [5.74, 6) is 0. The third-order valence-corrected chi connectivity index (χ3v) is 17.8. The lowest BCUT2D eigenvalue weighted by atomic mass is 10.0. The van der Waals surface area contributed by atoms with Crippen LogP contribution < -0.4 is 0 Å². The minimum absolute atomic E-state index is 0.604. The Morgan fingerprint density at radius 1 is 0.184 bits per heavy atom. The van der Waals surface area contributed by atoms with Crippen LogP contribution in [0.15, 0.2) is 24.3 Å². The van der Waals surface area contributed by atoms with Crippen LogP contribution in [0.3, 0.4) is 0 Å². The number of hydrogen-bond acceptors (Lipinski definition) is 7. The van der Waals surface area contributed by atoms with Crippen molar-refractivity contribution in [3.05, 3.63) is 24.3 Å². The van der Waals surface area contributed by atoms with Crippen LogP contribution in [0.1, 0.15) is 440 Å². The SMILES string of the molecule is CCCCCCCCCCCCCCCCC=CC(OC(C=CCCCCCCCCCCCCCCCC)OC(OCCCCCCCCCC)OCCCCCCCCCC)OC(OCCCCCCCCCC)OCCCCCCCCCC. The molecule has 0 aliphatic carbocycles. The molecule has 87 heavy (non-hydrogen) atoms. The summed E-state index contributed by atoms with van der Waals surface area (Å²) < 4.78 is 46.8. The highest BCUT2D eigenvalue weighted by molar-refractivity contribution is 4.90. The first-order valence-electron chi connectivity index (χ1n) is 39.9. The zero-order chi connectivity index (χ0) is 62.8. The quantitative estimate of drug-likeness (QED) is 0.0341. The van der Waals surface area contributed by atoms with E-state index in [1.165, 1.54) is 321 Å². The highest BCUT2D eigenvalue weighted by Gasteiger charge is 2.24. The molecule has 0 N–H and O–H groups in total. The van der Waals surface area contributed by atoms with Crippen molar-refractivity contribution in [1.82, 2.24) is 0 Å². The van der Waals surface area contributed by atoms with Gasteiger partial charge in [-0.1, -0.05) is 400 Å². The largest absolute Gasteiger partial charge is 0.330 e. The van der Waals surface area contributed by atoms with Crippen LogP contribution in [0, 0.1) is 0 Å². The summed E-state index contributed by atoms with van der Waals surface area (Å²) in [7, 11) is 0. The first-order valence-corrected chi connectivity index (χ1v) is 39.9. The molecule has 0 heterocycles. The standard InChI is InChI=1S/C80H158O7/c1-7-13-19-25-31-37-39-41-43-45-47-49-51-53-59-65-71-77(86-79(81-73-67-61-55-33-27-21-15-9-3)82-74-68-62-56-34-28-22-16-10-4)85-78(72-66-60-54-52-50-48-46-44-42-40-38-32-26-20-14-8-2)87-80(83-75-69-63-57-35-29-23-17-11-5)84-76-70-64-58-36-30-24-18-12-6/h65-66,71-72,77-80H,7-64,67-70,73-76H2,1-6H3. The summed E-state index contributed by atoms with van der Waals surface area (Å²) in [5, 5.41) is 0. The molecule has 7 nitrogen and oxygen atoms in total. The van der Waals surface area contributed by atoms with E-state index in [0.717, 1.165) is 77.0 Å². The summed E-state index contributed by atoms with van der Waals surface area (Å²) >= 11 is 0.